The molecule has 0 radical (unpaired) electrons. The van der Waals surface area contributed by atoms with Crippen molar-refractivity contribution in [1.29, 1.82) is 0 Å². The molecule has 1 aliphatic rings. The predicted octanol–water partition coefficient (Wildman–Crippen LogP) is 4.37. The van der Waals surface area contributed by atoms with E-state index >= 15 is 0 Å². The van der Waals surface area contributed by atoms with Gasteiger partial charge in [-0.25, -0.2) is 0 Å². The Morgan fingerprint density at radius 2 is 1.71 bits per heavy atom. The van der Waals surface area contributed by atoms with E-state index in [2.05, 4.69) is 10.3 Å². The van der Waals surface area contributed by atoms with Gasteiger partial charge in [0, 0.05) is 17.3 Å². The number of hydrogen-bond acceptors (Lipinski definition) is 2. The van der Waals surface area contributed by atoms with Crippen LogP contribution in [0, 0.1) is 0 Å². The molecule has 2 aromatic rings. The Bertz CT molecular complexity index is 814. The number of hydrogen-bond donors (Lipinski definition) is 2. The summed E-state index contributed by atoms with van der Waals surface area (Å²) in [4.78, 5) is 31.2. The Morgan fingerprint density at radius 1 is 1.07 bits per heavy atom. The van der Waals surface area contributed by atoms with Crippen molar-refractivity contribution in [2.45, 2.75) is 71.0 Å². The first-order valence-corrected chi connectivity index (χ1v) is 10.2. The highest BCUT2D eigenvalue weighted by Gasteiger charge is 2.35. The lowest BCUT2D eigenvalue weighted by atomic mass is 10.1. The Kier molecular flexibility index (Phi) is 5.92. The largest absolute Gasteiger partial charge is 0.351 e. The molecule has 5 heteroatoms. The summed E-state index contributed by atoms with van der Waals surface area (Å²) in [6.45, 7) is 7.70. The number of aromatic nitrogens is 1. The second kappa shape index (κ2) is 8.21. The minimum atomic E-state index is -0.515. The molecule has 0 saturated heterocycles. The Labute approximate surface area is 167 Å². The minimum absolute atomic E-state index is 0.106. The van der Waals surface area contributed by atoms with Crippen LogP contribution in [0.4, 0.5) is 0 Å². The first-order valence-electron chi connectivity index (χ1n) is 10.2. The van der Waals surface area contributed by atoms with Gasteiger partial charge in [-0.3, -0.25) is 9.59 Å². The zero-order valence-electron chi connectivity index (χ0n) is 17.3. The van der Waals surface area contributed by atoms with Crippen molar-refractivity contribution in [2.24, 2.45) is 0 Å². The van der Waals surface area contributed by atoms with Gasteiger partial charge in [-0.1, -0.05) is 43.2 Å². The maximum atomic E-state index is 13.4. The topological polar surface area (TPSA) is 65.2 Å². The van der Waals surface area contributed by atoms with E-state index in [1.165, 1.54) is 0 Å². The van der Waals surface area contributed by atoms with Crippen molar-refractivity contribution in [3.05, 3.63) is 48.2 Å². The van der Waals surface area contributed by atoms with Gasteiger partial charge < -0.3 is 15.2 Å². The molecule has 0 aliphatic heterocycles. The van der Waals surface area contributed by atoms with Crippen molar-refractivity contribution >= 4 is 11.8 Å². The maximum absolute atomic E-state index is 13.4. The van der Waals surface area contributed by atoms with Gasteiger partial charge in [0.15, 0.2) is 0 Å². The molecule has 5 nitrogen and oxygen atoms in total. The molecule has 2 amide bonds. The number of nitrogens with one attached hydrogen (secondary N) is 2. The van der Waals surface area contributed by atoms with E-state index in [1.54, 1.807) is 4.90 Å². The highest BCUT2D eigenvalue weighted by atomic mass is 16.2. The lowest BCUT2D eigenvalue weighted by Gasteiger charge is -2.35. The average Bonchev–Trinajstić information content (AvgIpc) is 3.33. The van der Waals surface area contributed by atoms with Gasteiger partial charge in [0.2, 0.25) is 5.91 Å². The van der Waals surface area contributed by atoms with Crippen LogP contribution >= 0.6 is 0 Å². The molecule has 28 heavy (non-hydrogen) atoms. The third-order valence-corrected chi connectivity index (χ3v) is 5.25. The van der Waals surface area contributed by atoms with Gasteiger partial charge in [0.1, 0.15) is 11.7 Å². The van der Waals surface area contributed by atoms with Gasteiger partial charge >= 0.3 is 0 Å². The standard InChI is InChI=1S/C23H31N3O2/c1-16(21(27)25-23(2,3)4)26(18-12-8-9-13-18)22(28)20-15-14-19(24-20)17-10-6-5-7-11-17/h5-7,10-11,14-16,18,24H,8-9,12-13H2,1-4H3,(H,25,27). The van der Waals surface area contributed by atoms with Crippen LogP contribution in [-0.4, -0.2) is 39.3 Å². The number of aromatic amines is 1. The van der Waals surface area contributed by atoms with Crippen molar-refractivity contribution in [3.63, 3.8) is 0 Å². The fraction of sp³-hybridized carbons (Fsp3) is 0.478. The molecular weight excluding hydrogens is 350 g/mol. The molecule has 1 saturated carbocycles. The monoisotopic (exact) mass is 381 g/mol. The summed E-state index contributed by atoms with van der Waals surface area (Å²) in [7, 11) is 0. The van der Waals surface area contributed by atoms with Gasteiger partial charge in [-0.2, -0.15) is 0 Å². The summed E-state index contributed by atoms with van der Waals surface area (Å²) in [5.41, 5.74) is 2.14. The summed E-state index contributed by atoms with van der Waals surface area (Å²) in [6, 6.07) is 13.3. The maximum Gasteiger partial charge on any atom is 0.271 e. The fourth-order valence-electron chi connectivity index (χ4n) is 3.89. The Morgan fingerprint density at radius 3 is 2.32 bits per heavy atom. The predicted molar refractivity (Wildman–Crippen MR) is 112 cm³/mol. The van der Waals surface area contributed by atoms with Gasteiger partial charge in [-0.05, 0) is 58.2 Å². The Hall–Kier alpha value is -2.56. The van der Waals surface area contributed by atoms with Crippen LogP contribution in [0.1, 0.15) is 63.9 Å². The van der Waals surface area contributed by atoms with E-state index in [-0.39, 0.29) is 23.4 Å². The molecule has 1 aliphatic carbocycles. The SMILES string of the molecule is CC(C(=O)NC(C)(C)C)N(C(=O)c1ccc(-c2ccccc2)[nH]1)C1CCCC1. The molecule has 1 atom stereocenters. The first kappa shape index (κ1) is 20.2. The summed E-state index contributed by atoms with van der Waals surface area (Å²) < 4.78 is 0. The van der Waals surface area contributed by atoms with Crippen LogP contribution in [-0.2, 0) is 4.79 Å². The van der Waals surface area contributed by atoms with Crippen LogP contribution in [0.25, 0.3) is 11.3 Å². The molecule has 1 aromatic heterocycles. The third kappa shape index (κ3) is 4.64. The summed E-state index contributed by atoms with van der Waals surface area (Å²) >= 11 is 0. The van der Waals surface area contributed by atoms with E-state index in [4.69, 9.17) is 0 Å². The molecule has 3 rings (SSSR count). The molecule has 150 valence electrons. The summed E-state index contributed by atoms with van der Waals surface area (Å²) in [6.07, 6.45) is 4.10. The van der Waals surface area contributed by atoms with E-state index in [9.17, 15) is 9.59 Å². The number of rotatable bonds is 5. The molecule has 1 heterocycles. The van der Waals surface area contributed by atoms with Crippen LogP contribution in [0.2, 0.25) is 0 Å². The number of carbonyl (C=O) groups excluding carboxylic acids is 2. The quantitative estimate of drug-likeness (QED) is 0.808. The first-order chi connectivity index (χ1) is 13.3. The van der Waals surface area contributed by atoms with Gasteiger partial charge in [0.25, 0.3) is 5.91 Å². The average molecular weight is 382 g/mol. The fourth-order valence-corrected chi connectivity index (χ4v) is 3.89. The number of carbonyl (C=O) groups is 2. The molecular formula is C23H31N3O2. The number of amides is 2. The zero-order valence-corrected chi connectivity index (χ0v) is 17.3. The second-order valence-electron chi connectivity index (χ2n) is 8.72. The highest BCUT2D eigenvalue weighted by molar-refractivity contribution is 5.97. The number of nitrogens with zero attached hydrogens (tertiary/aromatic N) is 1. The highest BCUT2D eigenvalue weighted by Crippen LogP contribution is 2.28. The summed E-state index contributed by atoms with van der Waals surface area (Å²) in [5.74, 6) is -0.215. The van der Waals surface area contributed by atoms with Gasteiger partial charge in [-0.15, -0.1) is 0 Å². The van der Waals surface area contributed by atoms with Crippen LogP contribution in [0.15, 0.2) is 42.5 Å². The zero-order chi connectivity index (χ0) is 20.3. The lowest BCUT2D eigenvalue weighted by Crippen LogP contribution is -2.55. The van der Waals surface area contributed by atoms with E-state index in [0.717, 1.165) is 36.9 Å². The molecule has 0 bridgehead atoms. The molecule has 2 N–H and O–H groups in total. The van der Waals surface area contributed by atoms with E-state index in [0.29, 0.717) is 5.69 Å². The second-order valence-corrected chi connectivity index (χ2v) is 8.72. The Balaban J connectivity index is 1.85. The molecule has 1 fully saturated rings. The normalized spacial score (nSPS) is 16.0. The van der Waals surface area contributed by atoms with Crippen molar-refractivity contribution in [3.8, 4) is 11.3 Å². The molecule has 1 aromatic carbocycles. The van der Waals surface area contributed by atoms with E-state index < -0.39 is 6.04 Å². The minimum Gasteiger partial charge on any atom is -0.351 e. The van der Waals surface area contributed by atoms with Gasteiger partial charge in [0.05, 0.1) is 0 Å². The summed E-state index contributed by atoms with van der Waals surface area (Å²) in [5, 5.41) is 3.02. The third-order valence-electron chi connectivity index (χ3n) is 5.25. The van der Waals surface area contributed by atoms with Crippen LogP contribution < -0.4 is 5.32 Å². The lowest BCUT2D eigenvalue weighted by molar-refractivity contribution is -0.127. The van der Waals surface area contributed by atoms with Crippen molar-refractivity contribution < 1.29 is 9.59 Å². The van der Waals surface area contributed by atoms with Crippen LogP contribution in [0.5, 0.6) is 0 Å². The van der Waals surface area contributed by atoms with E-state index in [1.807, 2.05) is 70.2 Å². The molecule has 0 spiro atoms. The van der Waals surface area contributed by atoms with Crippen LogP contribution in [0.3, 0.4) is 0 Å². The molecule has 1 unspecified atom stereocenters. The van der Waals surface area contributed by atoms with Crippen molar-refractivity contribution in [2.75, 3.05) is 0 Å². The number of benzene rings is 1. The van der Waals surface area contributed by atoms with Crippen molar-refractivity contribution in [1.82, 2.24) is 15.2 Å². The smallest absolute Gasteiger partial charge is 0.271 e. The number of H-pyrrole nitrogens is 1.